The number of hydrogen-bond donors (Lipinski definition) is 3. The lowest BCUT2D eigenvalue weighted by molar-refractivity contribution is 0.0916. The van der Waals surface area contributed by atoms with Crippen LogP contribution in [0, 0.1) is 5.82 Å². The van der Waals surface area contributed by atoms with Crippen molar-refractivity contribution in [2.75, 3.05) is 11.9 Å². The zero-order chi connectivity index (χ0) is 21.5. The predicted octanol–water partition coefficient (Wildman–Crippen LogP) is 4.21. The summed E-state index contributed by atoms with van der Waals surface area (Å²) in [5.41, 5.74) is 1.43. The van der Waals surface area contributed by atoms with E-state index in [4.69, 9.17) is 4.74 Å². The van der Waals surface area contributed by atoms with Crippen LogP contribution in [0.3, 0.4) is 0 Å². The van der Waals surface area contributed by atoms with Gasteiger partial charge in [0.1, 0.15) is 17.4 Å². The number of hydrogen-bond acceptors (Lipinski definition) is 5. The van der Waals surface area contributed by atoms with Crippen LogP contribution in [0.1, 0.15) is 35.9 Å². The molecule has 156 valence electrons. The van der Waals surface area contributed by atoms with Crippen molar-refractivity contribution in [3.63, 3.8) is 0 Å². The molecule has 1 aromatic heterocycles. The summed E-state index contributed by atoms with van der Waals surface area (Å²) in [6, 6.07) is 16.2. The third-order valence-corrected chi connectivity index (χ3v) is 4.23. The minimum atomic E-state index is -0.877. The Kier molecular flexibility index (Phi) is 6.98. The SMILES string of the molecule is CC(C)Oc1ccc(C(O)CNC(=O)c2cccnc2Nc2cccc(F)c2)cc1. The Hall–Kier alpha value is -3.45. The first-order chi connectivity index (χ1) is 14.4. The van der Waals surface area contributed by atoms with Crippen LogP contribution < -0.4 is 15.4 Å². The average molecular weight is 409 g/mol. The molecule has 3 aromatic rings. The molecular formula is C23H24FN3O3. The molecule has 3 N–H and O–H groups in total. The van der Waals surface area contributed by atoms with Crippen LogP contribution in [-0.2, 0) is 0 Å². The number of aliphatic hydroxyl groups is 1. The largest absolute Gasteiger partial charge is 0.491 e. The van der Waals surface area contributed by atoms with Crippen molar-refractivity contribution in [1.29, 1.82) is 0 Å². The van der Waals surface area contributed by atoms with E-state index >= 15 is 0 Å². The Morgan fingerprint density at radius 3 is 2.60 bits per heavy atom. The van der Waals surface area contributed by atoms with E-state index in [-0.39, 0.29) is 18.2 Å². The van der Waals surface area contributed by atoms with Crippen molar-refractivity contribution in [3.05, 3.63) is 83.8 Å². The molecule has 0 saturated carbocycles. The first kappa shape index (κ1) is 21.3. The number of pyridine rings is 1. The molecule has 0 spiro atoms. The van der Waals surface area contributed by atoms with Crippen molar-refractivity contribution in [1.82, 2.24) is 10.3 Å². The molecular weight excluding hydrogens is 385 g/mol. The maximum Gasteiger partial charge on any atom is 0.255 e. The topological polar surface area (TPSA) is 83.5 Å². The summed E-state index contributed by atoms with van der Waals surface area (Å²) in [4.78, 5) is 16.8. The molecule has 0 saturated heterocycles. The van der Waals surface area contributed by atoms with Gasteiger partial charge in [0, 0.05) is 18.4 Å². The smallest absolute Gasteiger partial charge is 0.255 e. The summed E-state index contributed by atoms with van der Waals surface area (Å²) in [5, 5.41) is 16.0. The maximum atomic E-state index is 13.4. The lowest BCUT2D eigenvalue weighted by Crippen LogP contribution is -2.29. The monoisotopic (exact) mass is 409 g/mol. The van der Waals surface area contributed by atoms with Gasteiger partial charge in [0.15, 0.2) is 0 Å². The van der Waals surface area contributed by atoms with Gasteiger partial charge in [-0.3, -0.25) is 4.79 Å². The number of amides is 1. The first-order valence-corrected chi connectivity index (χ1v) is 9.63. The highest BCUT2D eigenvalue weighted by Gasteiger charge is 2.15. The second-order valence-electron chi connectivity index (χ2n) is 7.00. The van der Waals surface area contributed by atoms with Gasteiger partial charge in [-0.05, 0) is 61.9 Å². The number of halogens is 1. The fraction of sp³-hybridized carbons (Fsp3) is 0.217. The molecule has 1 heterocycles. The number of benzene rings is 2. The van der Waals surface area contributed by atoms with Crippen molar-refractivity contribution >= 4 is 17.4 Å². The van der Waals surface area contributed by atoms with Crippen LogP contribution in [-0.4, -0.2) is 28.6 Å². The summed E-state index contributed by atoms with van der Waals surface area (Å²) < 4.78 is 19.0. The van der Waals surface area contributed by atoms with Gasteiger partial charge in [-0.25, -0.2) is 9.37 Å². The number of anilines is 2. The quantitative estimate of drug-likeness (QED) is 0.519. The molecule has 6 nitrogen and oxygen atoms in total. The minimum absolute atomic E-state index is 0.0253. The number of ether oxygens (including phenoxy) is 1. The predicted molar refractivity (Wildman–Crippen MR) is 113 cm³/mol. The Morgan fingerprint density at radius 1 is 1.13 bits per heavy atom. The van der Waals surface area contributed by atoms with Crippen LogP contribution >= 0.6 is 0 Å². The van der Waals surface area contributed by atoms with Crippen LogP contribution in [0.4, 0.5) is 15.9 Å². The molecule has 1 atom stereocenters. The molecule has 3 rings (SSSR count). The number of carbonyl (C=O) groups excluding carboxylic acids is 1. The highest BCUT2D eigenvalue weighted by atomic mass is 19.1. The zero-order valence-electron chi connectivity index (χ0n) is 16.8. The van der Waals surface area contributed by atoms with Gasteiger partial charge in [0.25, 0.3) is 5.91 Å². The molecule has 30 heavy (non-hydrogen) atoms. The molecule has 1 unspecified atom stereocenters. The number of nitrogens with one attached hydrogen (secondary N) is 2. The van der Waals surface area contributed by atoms with Crippen molar-refractivity contribution in [3.8, 4) is 5.75 Å². The average Bonchev–Trinajstić information content (AvgIpc) is 2.72. The zero-order valence-corrected chi connectivity index (χ0v) is 16.8. The Labute approximate surface area is 174 Å². The lowest BCUT2D eigenvalue weighted by Gasteiger charge is -2.15. The maximum absolute atomic E-state index is 13.4. The van der Waals surface area contributed by atoms with E-state index in [1.807, 2.05) is 13.8 Å². The summed E-state index contributed by atoms with van der Waals surface area (Å²) in [6.45, 7) is 3.90. The lowest BCUT2D eigenvalue weighted by atomic mass is 10.1. The number of nitrogens with zero attached hydrogens (tertiary/aromatic N) is 1. The van der Waals surface area contributed by atoms with Crippen molar-refractivity contribution < 1.29 is 19.0 Å². The van der Waals surface area contributed by atoms with Gasteiger partial charge >= 0.3 is 0 Å². The molecule has 0 aliphatic carbocycles. The van der Waals surface area contributed by atoms with E-state index in [2.05, 4.69) is 15.6 Å². The third kappa shape index (κ3) is 5.78. The van der Waals surface area contributed by atoms with Gasteiger partial charge in [-0.15, -0.1) is 0 Å². The normalized spacial score (nSPS) is 11.8. The minimum Gasteiger partial charge on any atom is -0.491 e. The van der Waals surface area contributed by atoms with Crippen LogP contribution in [0.5, 0.6) is 5.75 Å². The summed E-state index contributed by atoms with van der Waals surface area (Å²) in [7, 11) is 0. The van der Waals surface area contributed by atoms with Gasteiger partial charge < -0.3 is 20.5 Å². The van der Waals surface area contributed by atoms with E-state index < -0.39 is 17.8 Å². The molecule has 0 radical (unpaired) electrons. The molecule has 0 aliphatic rings. The van der Waals surface area contributed by atoms with E-state index in [1.54, 1.807) is 48.5 Å². The highest BCUT2D eigenvalue weighted by molar-refractivity contribution is 5.99. The fourth-order valence-electron chi connectivity index (χ4n) is 2.83. The Morgan fingerprint density at radius 2 is 1.90 bits per heavy atom. The number of rotatable bonds is 8. The van der Waals surface area contributed by atoms with Gasteiger partial charge in [-0.2, -0.15) is 0 Å². The summed E-state index contributed by atoms with van der Waals surface area (Å²) >= 11 is 0. The van der Waals surface area contributed by atoms with Crippen LogP contribution in [0.2, 0.25) is 0 Å². The van der Waals surface area contributed by atoms with Crippen LogP contribution in [0.25, 0.3) is 0 Å². The van der Waals surface area contributed by atoms with Gasteiger partial charge in [-0.1, -0.05) is 18.2 Å². The van der Waals surface area contributed by atoms with Crippen molar-refractivity contribution in [2.45, 2.75) is 26.1 Å². The number of aliphatic hydroxyl groups excluding tert-OH is 1. The molecule has 1 amide bonds. The van der Waals surface area contributed by atoms with Gasteiger partial charge in [0.2, 0.25) is 0 Å². The van der Waals surface area contributed by atoms with E-state index in [9.17, 15) is 14.3 Å². The first-order valence-electron chi connectivity index (χ1n) is 9.63. The fourth-order valence-corrected chi connectivity index (χ4v) is 2.83. The Bertz CT molecular complexity index is 993. The van der Waals surface area contributed by atoms with Crippen molar-refractivity contribution in [2.24, 2.45) is 0 Å². The second kappa shape index (κ2) is 9.84. The van der Waals surface area contributed by atoms with Crippen LogP contribution in [0.15, 0.2) is 66.9 Å². The van der Waals surface area contributed by atoms with E-state index in [0.717, 1.165) is 0 Å². The summed E-state index contributed by atoms with van der Waals surface area (Å²) in [5.74, 6) is 0.217. The molecule has 2 aromatic carbocycles. The standard InChI is InChI=1S/C23H24FN3O3/c1-15(2)30-19-10-8-16(9-11-19)21(28)14-26-23(29)20-7-4-12-25-22(20)27-18-6-3-5-17(24)13-18/h3-13,15,21,28H,14H2,1-2H3,(H,25,27)(H,26,29). The highest BCUT2D eigenvalue weighted by Crippen LogP contribution is 2.21. The molecule has 7 heteroatoms. The molecule has 0 bridgehead atoms. The van der Waals surface area contributed by atoms with Gasteiger partial charge in [0.05, 0.1) is 17.8 Å². The summed E-state index contributed by atoms with van der Waals surface area (Å²) in [6.07, 6.45) is 0.724. The number of aromatic nitrogens is 1. The van der Waals surface area contributed by atoms with E-state index in [1.165, 1.54) is 18.3 Å². The molecule has 0 aliphatic heterocycles. The molecule has 0 fully saturated rings. The Balaban J connectivity index is 1.63. The second-order valence-corrected chi connectivity index (χ2v) is 7.00. The van der Waals surface area contributed by atoms with E-state index in [0.29, 0.717) is 22.8 Å². The third-order valence-electron chi connectivity index (χ3n) is 4.23. The number of carbonyl (C=O) groups is 1.